The van der Waals surface area contributed by atoms with Crippen molar-refractivity contribution in [2.24, 2.45) is 5.92 Å². The van der Waals surface area contributed by atoms with Crippen molar-refractivity contribution in [1.82, 2.24) is 16.0 Å². The van der Waals surface area contributed by atoms with Crippen molar-refractivity contribution in [2.75, 3.05) is 13.7 Å². The predicted octanol–water partition coefficient (Wildman–Crippen LogP) is 4.96. The van der Waals surface area contributed by atoms with Gasteiger partial charge in [0, 0.05) is 11.4 Å². The number of alkyl halides is 5. The van der Waals surface area contributed by atoms with E-state index in [-0.39, 0.29) is 28.9 Å². The SMILES string of the molecule is COc1ccc(C(NC(=O)C(Cc2cccc(Cl)c2)Oc2cc(C#N)cc(C#N)c2)C(=O)NC(C(=O)C(F)(F)C(=O)NCC(F)(F)F)C(C)C)cc1. The molecule has 0 radical (unpaired) electrons. The largest absolute Gasteiger partial charge is 0.497 e. The number of ketones is 1. The summed E-state index contributed by atoms with van der Waals surface area (Å²) in [5.74, 6) is -12.7. The molecule has 3 atom stereocenters. The van der Waals surface area contributed by atoms with Crippen LogP contribution >= 0.6 is 11.6 Å². The van der Waals surface area contributed by atoms with Crippen LogP contribution < -0.4 is 25.4 Å². The summed E-state index contributed by atoms with van der Waals surface area (Å²) in [7, 11) is 1.36. The van der Waals surface area contributed by atoms with Crippen LogP contribution in [0.15, 0.2) is 66.7 Å². The number of carbonyl (C=O) groups is 4. The van der Waals surface area contributed by atoms with Crippen LogP contribution in [0.25, 0.3) is 0 Å². The summed E-state index contributed by atoms with van der Waals surface area (Å²) < 4.78 is 78.6. The molecule has 0 spiro atoms. The van der Waals surface area contributed by atoms with Crippen molar-refractivity contribution in [3.05, 3.63) is 94.0 Å². The molecule has 0 aromatic heterocycles. The maximum atomic E-state index is 14.9. The van der Waals surface area contributed by atoms with Crippen molar-refractivity contribution in [2.45, 2.75) is 50.6 Å². The second kappa shape index (κ2) is 17.5. The zero-order valence-electron chi connectivity index (χ0n) is 27.7. The number of carbonyl (C=O) groups excluding carboxylic acids is 4. The van der Waals surface area contributed by atoms with E-state index in [1.807, 2.05) is 12.1 Å². The van der Waals surface area contributed by atoms with Crippen LogP contribution in [0, 0.1) is 28.6 Å². The molecular formula is C35H31ClF5N5O6. The Morgan fingerprint density at radius 1 is 0.846 bits per heavy atom. The number of nitriles is 2. The molecule has 11 nitrogen and oxygen atoms in total. The van der Waals surface area contributed by atoms with E-state index in [4.69, 9.17) is 21.1 Å². The van der Waals surface area contributed by atoms with E-state index in [2.05, 4.69) is 10.6 Å². The number of amides is 3. The lowest BCUT2D eigenvalue weighted by Crippen LogP contribution is -2.58. The van der Waals surface area contributed by atoms with Gasteiger partial charge in [-0.2, -0.15) is 32.5 Å². The Hall–Kier alpha value is -5.74. The number of nitrogens with zero attached hydrogens (tertiary/aromatic N) is 2. The Kier molecular flexibility index (Phi) is 13.7. The molecule has 0 heterocycles. The molecule has 274 valence electrons. The van der Waals surface area contributed by atoms with Gasteiger partial charge in [-0.1, -0.05) is 49.7 Å². The van der Waals surface area contributed by atoms with Crippen LogP contribution in [0.4, 0.5) is 22.0 Å². The molecule has 0 bridgehead atoms. The van der Waals surface area contributed by atoms with Gasteiger partial charge in [0.25, 0.3) is 11.8 Å². The van der Waals surface area contributed by atoms with Gasteiger partial charge in [0.2, 0.25) is 11.7 Å². The summed E-state index contributed by atoms with van der Waals surface area (Å²) in [6.45, 7) is 0.358. The number of hydrogen-bond acceptors (Lipinski definition) is 8. The van der Waals surface area contributed by atoms with Gasteiger partial charge < -0.3 is 25.4 Å². The Balaban J connectivity index is 2.01. The van der Waals surface area contributed by atoms with Gasteiger partial charge in [-0.05, 0) is 59.5 Å². The lowest BCUT2D eigenvalue weighted by molar-refractivity contribution is -0.165. The van der Waals surface area contributed by atoms with E-state index in [0.717, 1.165) is 5.32 Å². The average molecular weight is 748 g/mol. The van der Waals surface area contributed by atoms with Crippen LogP contribution in [0.2, 0.25) is 5.02 Å². The fourth-order valence-corrected chi connectivity index (χ4v) is 4.94. The summed E-state index contributed by atoms with van der Waals surface area (Å²) in [5.41, 5.74) is 0.641. The molecule has 0 saturated carbocycles. The Bertz CT molecular complexity index is 1840. The summed E-state index contributed by atoms with van der Waals surface area (Å²) >= 11 is 6.13. The summed E-state index contributed by atoms with van der Waals surface area (Å²) in [4.78, 5) is 52.7. The van der Waals surface area contributed by atoms with E-state index < -0.39 is 66.3 Å². The molecule has 0 fully saturated rings. The molecule has 3 rings (SSSR count). The third-order valence-electron chi connectivity index (χ3n) is 7.33. The number of benzene rings is 3. The second-order valence-corrected chi connectivity index (χ2v) is 12.0. The van der Waals surface area contributed by atoms with Crippen molar-refractivity contribution >= 4 is 35.1 Å². The molecule has 3 aromatic rings. The van der Waals surface area contributed by atoms with Crippen LogP contribution in [0.1, 0.15) is 42.1 Å². The molecule has 3 N–H and O–H groups in total. The Labute approximate surface area is 299 Å². The van der Waals surface area contributed by atoms with Gasteiger partial charge in [0.15, 0.2) is 6.10 Å². The minimum absolute atomic E-state index is 0.0414. The molecular weight excluding hydrogens is 717 g/mol. The molecule has 0 saturated heterocycles. The average Bonchev–Trinajstić information content (AvgIpc) is 3.10. The smallest absolute Gasteiger partial charge is 0.405 e. The van der Waals surface area contributed by atoms with E-state index in [9.17, 15) is 51.7 Å². The first-order valence-corrected chi connectivity index (χ1v) is 15.6. The lowest BCUT2D eigenvalue weighted by Gasteiger charge is -2.28. The maximum Gasteiger partial charge on any atom is 0.405 e. The van der Waals surface area contributed by atoms with E-state index in [0.29, 0.717) is 16.3 Å². The van der Waals surface area contributed by atoms with Crippen molar-refractivity contribution in [3.8, 4) is 23.6 Å². The van der Waals surface area contributed by atoms with Crippen molar-refractivity contribution in [3.63, 3.8) is 0 Å². The zero-order valence-corrected chi connectivity index (χ0v) is 28.4. The monoisotopic (exact) mass is 747 g/mol. The molecule has 3 unspecified atom stereocenters. The van der Waals surface area contributed by atoms with Crippen LogP contribution in [-0.4, -0.2) is 61.4 Å². The first kappa shape index (κ1) is 40.7. The highest BCUT2D eigenvalue weighted by atomic mass is 35.5. The zero-order chi connectivity index (χ0) is 38.8. The first-order chi connectivity index (χ1) is 24.4. The van der Waals surface area contributed by atoms with Gasteiger partial charge in [-0.3, -0.25) is 19.2 Å². The number of halogens is 6. The number of Topliss-reactive ketones (excluding diaryl/α,β-unsaturated/α-hetero) is 1. The van der Waals surface area contributed by atoms with Gasteiger partial charge in [-0.25, -0.2) is 0 Å². The van der Waals surface area contributed by atoms with Gasteiger partial charge in [-0.15, -0.1) is 0 Å². The number of hydrogen-bond donors (Lipinski definition) is 3. The van der Waals surface area contributed by atoms with Crippen LogP contribution in [0.3, 0.4) is 0 Å². The van der Waals surface area contributed by atoms with Crippen LogP contribution in [0.5, 0.6) is 11.5 Å². The fraction of sp³-hybridized carbons (Fsp3) is 0.314. The molecule has 17 heteroatoms. The number of nitrogens with one attached hydrogen (secondary N) is 3. The molecule has 3 amide bonds. The molecule has 0 aliphatic carbocycles. The minimum atomic E-state index is -5.05. The van der Waals surface area contributed by atoms with Gasteiger partial charge in [0.05, 0.1) is 36.4 Å². The highest BCUT2D eigenvalue weighted by Gasteiger charge is 2.52. The Morgan fingerprint density at radius 2 is 1.46 bits per heavy atom. The number of rotatable bonds is 15. The second-order valence-electron chi connectivity index (χ2n) is 11.6. The van der Waals surface area contributed by atoms with E-state index in [1.165, 1.54) is 69.5 Å². The molecule has 0 aliphatic heterocycles. The number of ether oxygens (including phenoxy) is 2. The lowest BCUT2D eigenvalue weighted by atomic mass is 9.94. The standard InChI is InChI=1S/C35H31ClF5N5O6/c1-19(2)28(30(47)35(40,41)33(50)44-18-34(37,38)39)45-32(49)29(23-7-9-25(51-3)10-8-23)46-31(48)27(15-20-5-4-6-24(36)12-20)52-26-13-21(16-42)11-22(14-26)17-43/h4-14,19,27-29H,15,18H2,1-3H3,(H,44,50)(H,45,49)(H,46,48). The molecule has 3 aromatic carbocycles. The van der Waals surface area contributed by atoms with Gasteiger partial charge in [0.1, 0.15) is 24.1 Å². The normalized spacial score (nSPS) is 13.1. The molecule has 52 heavy (non-hydrogen) atoms. The predicted molar refractivity (Wildman–Crippen MR) is 175 cm³/mol. The molecule has 0 aliphatic rings. The van der Waals surface area contributed by atoms with E-state index >= 15 is 0 Å². The highest BCUT2D eigenvalue weighted by Crippen LogP contribution is 2.25. The summed E-state index contributed by atoms with van der Waals surface area (Å²) in [6.07, 6.45) is -6.69. The van der Waals surface area contributed by atoms with E-state index in [1.54, 1.807) is 18.2 Å². The van der Waals surface area contributed by atoms with Crippen molar-refractivity contribution < 1.29 is 50.6 Å². The third kappa shape index (κ3) is 11.1. The highest BCUT2D eigenvalue weighted by molar-refractivity contribution is 6.30. The number of methoxy groups -OCH3 is 1. The van der Waals surface area contributed by atoms with Crippen LogP contribution in [-0.2, 0) is 25.6 Å². The first-order valence-electron chi connectivity index (χ1n) is 15.3. The van der Waals surface area contributed by atoms with Gasteiger partial charge >= 0.3 is 12.1 Å². The topological polar surface area (TPSA) is 170 Å². The maximum absolute atomic E-state index is 14.9. The minimum Gasteiger partial charge on any atom is -0.497 e. The Morgan fingerprint density at radius 3 is 1.98 bits per heavy atom. The fourth-order valence-electron chi connectivity index (χ4n) is 4.73. The third-order valence-corrected chi connectivity index (χ3v) is 7.57. The van der Waals surface area contributed by atoms with Crippen molar-refractivity contribution in [1.29, 1.82) is 10.5 Å². The quantitative estimate of drug-likeness (QED) is 0.145. The summed E-state index contributed by atoms with van der Waals surface area (Å²) in [6, 6.07) is 15.7. The summed E-state index contributed by atoms with van der Waals surface area (Å²) in [5, 5.41) is 24.7.